The number of para-hydroxylation sites is 2. The molecule has 0 saturated heterocycles. The van der Waals surface area contributed by atoms with E-state index < -0.39 is 6.04 Å². The van der Waals surface area contributed by atoms with Gasteiger partial charge in [-0.15, -0.1) is 0 Å². The van der Waals surface area contributed by atoms with E-state index in [0.29, 0.717) is 17.8 Å². The topological polar surface area (TPSA) is 68.5 Å². The Bertz CT molecular complexity index is 734. The maximum atomic E-state index is 12.3. The number of nitrogens with zero attached hydrogens (tertiary/aromatic N) is 3. The van der Waals surface area contributed by atoms with Gasteiger partial charge in [-0.1, -0.05) is 36.4 Å². The van der Waals surface area contributed by atoms with Crippen LogP contribution in [0.1, 0.15) is 6.42 Å². The predicted octanol–water partition coefficient (Wildman–Crippen LogP) is 2.78. The Morgan fingerprint density at radius 1 is 1.14 bits per heavy atom. The van der Waals surface area contributed by atoms with E-state index in [2.05, 4.69) is 16.5 Å². The molecule has 0 aromatic heterocycles. The summed E-state index contributed by atoms with van der Waals surface area (Å²) in [6.45, 7) is 0. The van der Waals surface area contributed by atoms with Crippen molar-refractivity contribution in [2.45, 2.75) is 12.5 Å². The molecular weight excluding hydrogens is 276 g/mol. The third kappa shape index (κ3) is 2.81. The minimum Gasteiger partial charge on any atom is -0.321 e. The van der Waals surface area contributed by atoms with Crippen LogP contribution in [0.2, 0.25) is 0 Å². The molecule has 1 atom stereocenters. The van der Waals surface area contributed by atoms with Crippen molar-refractivity contribution < 1.29 is 4.79 Å². The quantitative estimate of drug-likeness (QED) is 0.945. The summed E-state index contributed by atoms with van der Waals surface area (Å²) in [4.78, 5) is 12.3. The van der Waals surface area contributed by atoms with E-state index in [1.165, 1.54) is 0 Å². The molecule has 1 aliphatic rings. The molecule has 5 nitrogen and oxygen atoms in total. The van der Waals surface area contributed by atoms with E-state index in [9.17, 15) is 10.1 Å². The predicted molar refractivity (Wildman–Crippen MR) is 85.4 cm³/mol. The van der Waals surface area contributed by atoms with Gasteiger partial charge in [0.1, 0.15) is 11.8 Å². The van der Waals surface area contributed by atoms with Crippen molar-refractivity contribution >= 4 is 23.0 Å². The maximum Gasteiger partial charge on any atom is 0.271 e. The van der Waals surface area contributed by atoms with Crippen LogP contribution >= 0.6 is 0 Å². The summed E-state index contributed by atoms with van der Waals surface area (Å²) in [7, 11) is 0. The van der Waals surface area contributed by atoms with Gasteiger partial charge in [0, 0.05) is 12.1 Å². The average molecular weight is 290 g/mol. The van der Waals surface area contributed by atoms with Crippen LogP contribution in [-0.2, 0) is 4.79 Å². The Labute approximate surface area is 128 Å². The Morgan fingerprint density at radius 2 is 1.77 bits per heavy atom. The number of rotatable bonds is 3. The molecule has 0 saturated carbocycles. The molecule has 0 bridgehead atoms. The SMILES string of the molecule is N#CC1CC(C(=O)Nc2ccccc2)=NN1c1ccccc1. The van der Waals surface area contributed by atoms with Crippen LogP contribution in [0.4, 0.5) is 11.4 Å². The Morgan fingerprint density at radius 3 is 2.41 bits per heavy atom. The van der Waals surface area contributed by atoms with E-state index in [-0.39, 0.29) is 5.91 Å². The molecule has 0 spiro atoms. The van der Waals surface area contributed by atoms with Gasteiger partial charge < -0.3 is 5.32 Å². The second kappa shape index (κ2) is 6.10. The number of carbonyl (C=O) groups excluding carboxylic acids is 1. The Kier molecular flexibility index (Phi) is 3.84. The lowest BCUT2D eigenvalue weighted by atomic mass is 10.1. The number of hydrogen-bond acceptors (Lipinski definition) is 4. The zero-order valence-electron chi connectivity index (χ0n) is 11.8. The zero-order chi connectivity index (χ0) is 15.4. The number of hydrogen-bond donors (Lipinski definition) is 1. The molecule has 1 N–H and O–H groups in total. The van der Waals surface area contributed by atoms with Crippen molar-refractivity contribution in [1.82, 2.24) is 0 Å². The highest BCUT2D eigenvalue weighted by molar-refractivity contribution is 6.43. The molecule has 2 aromatic carbocycles. The molecule has 1 amide bonds. The fourth-order valence-corrected chi connectivity index (χ4v) is 2.29. The standard InChI is InChI=1S/C17H14N4O/c18-12-15-11-16(17(22)19-13-7-3-1-4-8-13)20-21(15)14-9-5-2-6-10-14/h1-10,15H,11H2,(H,19,22). The van der Waals surface area contributed by atoms with Crippen molar-refractivity contribution in [3.8, 4) is 6.07 Å². The van der Waals surface area contributed by atoms with Gasteiger partial charge in [0.25, 0.3) is 5.91 Å². The molecule has 0 radical (unpaired) electrons. The molecule has 108 valence electrons. The van der Waals surface area contributed by atoms with Gasteiger partial charge >= 0.3 is 0 Å². The minimum absolute atomic E-state index is 0.273. The molecule has 1 unspecified atom stereocenters. The third-order valence-electron chi connectivity index (χ3n) is 3.37. The summed E-state index contributed by atoms with van der Waals surface area (Å²) in [5.41, 5.74) is 1.87. The highest BCUT2D eigenvalue weighted by atomic mass is 16.2. The van der Waals surface area contributed by atoms with E-state index in [1.54, 1.807) is 5.01 Å². The number of hydrazone groups is 1. The van der Waals surface area contributed by atoms with Crippen molar-refractivity contribution in [2.75, 3.05) is 10.3 Å². The largest absolute Gasteiger partial charge is 0.321 e. The Hall–Kier alpha value is -3.13. The summed E-state index contributed by atoms with van der Waals surface area (Å²) < 4.78 is 0. The van der Waals surface area contributed by atoms with Gasteiger partial charge in [0.05, 0.1) is 11.8 Å². The number of amides is 1. The molecule has 0 fully saturated rings. The second-order valence-corrected chi connectivity index (χ2v) is 4.90. The average Bonchev–Trinajstić information content (AvgIpc) is 3.01. The lowest BCUT2D eigenvalue weighted by Gasteiger charge is -2.17. The first kappa shape index (κ1) is 13.8. The molecule has 1 aliphatic heterocycles. The molecule has 1 heterocycles. The number of benzene rings is 2. The molecular formula is C17H14N4O. The fourth-order valence-electron chi connectivity index (χ4n) is 2.29. The number of anilines is 2. The number of nitriles is 1. The van der Waals surface area contributed by atoms with Gasteiger partial charge in [0.2, 0.25) is 0 Å². The van der Waals surface area contributed by atoms with Crippen LogP contribution in [0.15, 0.2) is 65.8 Å². The van der Waals surface area contributed by atoms with E-state index in [1.807, 2.05) is 60.7 Å². The molecule has 3 rings (SSSR count). The van der Waals surface area contributed by atoms with Crippen molar-refractivity contribution in [3.05, 3.63) is 60.7 Å². The summed E-state index contributed by atoms with van der Waals surface area (Å²) in [5, 5.41) is 18.0. The van der Waals surface area contributed by atoms with Crippen LogP contribution in [-0.4, -0.2) is 17.7 Å². The highest BCUT2D eigenvalue weighted by Gasteiger charge is 2.31. The first-order valence-corrected chi connectivity index (χ1v) is 6.95. The minimum atomic E-state index is -0.459. The van der Waals surface area contributed by atoms with Crippen LogP contribution in [0.3, 0.4) is 0 Å². The lowest BCUT2D eigenvalue weighted by Crippen LogP contribution is -2.25. The van der Waals surface area contributed by atoms with Crippen LogP contribution < -0.4 is 10.3 Å². The van der Waals surface area contributed by atoms with E-state index in [0.717, 1.165) is 5.69 Å². The van der Waals surface area contributed by atoms with E-state index >= 15 is 0 Å². The second-order valence-electron chi connectivity index (χ2n) is 4.90. The summed E-state index contributed by atoms with van der Waals surface area (Å²) in [6, 6.07) is 20.3. The molecule has 2 aromatic rings. The van der Waals surface area contributed by atoms with Crippen LogP contribution in [0, 0.1) is 11.3 Å². The highest BCUT2D eigenvalue weighted by Crippen LogP contribution is 2.24. The van der Waals surface area contributed by atoms with Crippen molar-refractivity contribution in [3.63, 3.8) is 0 Å². The zero-order valence-corrected chi connectivity index (χ0v) is 11.8. The van der Waals surface area contributed by atoms with Crippen molar-refractivity contribution in [2.24, 2.45) is 5.10 Å². The van der Waals surface area contributed by atoms with Crippen LogP contribution in [0.25, 0.3) is 0 Å². The van der Waals surface area contributed by atoms with E-state index in [4.69, 9.17) is 0 Å². The third-order valence-corrected chi connectivity index (χ3v) is 3.37. The first-order valence-electron chi connectivity index (χ1n) is 6.95. The first-order chi connectivity index (χ1) is 10.8. The van der Waals surface area contributed by atoms with Gasteiger partial charge in [-0.05, 0) is 24.3 Å². The summed E-state index contributed by atoms with van der Waals surface area (Å²) >= 11 is 0. The normalized spacial score (nSPS) is 16.8. The maximum absolute atomic E-state index is 12.3. The van der Waals surface area contributed by atoms with Gasteiger partial charge in [-0.25, -0.2) is 5.01 Å². The molecule has 5 heteroatoms. The van der Waals surface area contributed by atoms with Crippen molar-refractivity contribution in [1.29, 1.82) is 5.26 Å². The molecule has 0 aliphatic carbocycles. The van der Waals surface area contributed by atoms with Gasteiger partial charge in [-0.2, -0.15) is 10.4 Å². The lowest BCUT2D eigenvalue weighted by molar-refractivity contribution is -0.110. The smallest absolute Gasteiger partial charge is 0.271 e. The summed E-state index contributed by atoms with van der Waals surface area (Å²) in [6.07, 6.45) is 0.310. The fraction of sp³-hybridized carbons (Fsp3) is 0.118. The molecule has 22 heavy (non-hydrogen) atoms. The monoisotopic (exact) mass is 290 g/mol. The van der Waals surface area contributed by atoms with Gasteiger partial charge in [-0.3, -0.25) is 4.79 Å². The number of carbonyl (C=O) groups is 1. The number of nitrogens with one attached hydrogen (secondary N) is 1. The van der Waals surface area contributed by atoms with Crippen LogP contribution in [0.5, 0.6) is 0 Å². The Balaban J connectivity index is 1.80. The summed E-state index contributed by atoms with van der Waals surface area (Å²) in [5.74, 6) is -0.273. The van der Waals surface area contributed by atoms with Gasteiger partial charge in [0.15, 0.2) is 0 Å².